The maximum absolute atomic E-state index is 10.9. The van der Waals surface area contributed by atoms with Crippen molar-refractivity contribution in [1.29, 1.82) is 0 Å². The number of halogens is 2. The van der Waals surface area contributed by atoms with Crippen molar-refractivity contribution < 1.29 is 9.53 Å². The van der Waals surface area contributed by atoms with Crippen molar-refractivity contribution in [3.8, 4) is 5.75 Å². The number of hydrogen-bond acceptors (Lipinski definition) is 2. The highest BCUT2D eigenvalue weighted by Crippen LogP contribution is 2.35. The van der Waals surface area contributed by atoms with Crippen LogP contribution in [0.25, 0.3) is 0 Å². The van der Waals surface area contributed by atoms with E-state index < -0.39 is 0 Å². The minimum Gasteiger partial charge on any atom is -0.425 e. The normalized spacial score (nSPS) is 15.1. The molecule has 68 valence electrons. The number of carbonyl (C=O) groups is 1. The first-order chi connectivity index (χ1) is 6.16. The minimum atomic E-state index is -0.239. The molecule has 2 rings (SSSR count). The van der Waals surface area contributed by atoms with Gasteiger partial charge in [0.25, 0.3) is 0 Å². The van der Waals surface area contributed by atoms with Gasteiger partial charge in [-0.15, -0.1) is 0 Å². The van der Waals surface area contributed by atoms with Gasteiger partial charge in [-0.05, 0) is 24.1 Å². The van der Waals surface area contributed by atoms with Crippen LogP contribution >= 0.6 is 23.2 Å². The predicted octanol–water partition coefficient (Wildman–Crippen LogP) is 2.85. The molecule has 0 saturated carbocycles. The lowest BCUT2D eigenvalue weighted by atomic mass is 10.1. The van der Waals surface area contributed by atoms with E-state index in [1.165, 1.54) is 0 Å². The third-order valence-electron chi connectivity index (χ3n) is 1.90. The van der Waals surface area contributed by atoms with Crippen LogP contribution in [0.3, 0.4) is 0 Å². The summed E-state index contributed by atoms with van der Waals surface area (Å²) in [5, 5.41) is 0.970. The Morgan fingerprint density at radius 1 is 1.23 bits per heavy atom. The highest BCUT2D eigenvalue weighted by atomic mass is 35.5. The monoisotopic (exact) mass is 216 g/mol. The summed E-state index contributed by atoms with van der Waals surface area (Å²) in [4.78, 5) is 10.9. The van der Waals surface area contributed by atoms with Crippen molar-refractivity contribution in [3.63, 3.8) is 0 Å². The van der Waals surface area contributed by atoms with E-state index in [1.54, 1.807) is 12.1 Å². The molecule has 1 aromatic carbocycles. The Morgan fingerprint density at radius 2 is 2.00 bits per heavy atom. The molecule has 0 fully saturated rings. The number of hydrogen-bond donors (Lipinski definition) is 0. The summed E-state index contributed by atoms with van der Waals surface area (Å²) >= 11 is 11.6. The summed E-state index contributed by atoms with van der Waals surface area (Å²) < 4.78 is 4.99. The third-order valence-corrected chi connectivity index (χ3v) is 2.40. The first-order valence-electron chi connectivity index (χ1n) is 3.85. The summed E-state index contributed by atoms with van der Waals surface area (Å²) in [6.45, 7) is 0. The molecule has 0 unspecified atom stereocenters. The molecular formula is C9H6Cl2O2. The lowest BCUT2D eigenvalue weighted by Crippen LogP contribution is -2.15. The van der Waals surface area contributed by atoms with E-state index >= 15 is 0 Å². The van der Waals surface area contributed by atoms with Gasteiger partial charge in [0, 0.05) is 5.02 Å². The smallest absolute Gasteiger partial charge is 0.311 e. The largest absolute Gasteiger partial charge is 0.425 e. The van der Waals surface area contributed by atoms with E-state index in [1.807, 2.05) is 0 Å². The first kappa shape index (κ1) is 8.85. The molecule has 1 aliphatic heterocycles. The van der Waals surface area contributed by atoms with Crippen molar-refractivity contribution in [2.24, 2.45) is 0 Å². The molecule has 0 spiro atoms. The second kappa shape index (κ2) is 3.20. The lowest BCUT2D eigenvalue weighted by molar-refractivity contribution is -0.135. The van der Waals surface area contributed by atoms with Gasteiger partial charge in [0.2, 0.25) is 0 Å². The van der Waals surface area contributed by atoms with Gasteiger partial charge in [-0.3, -0.25) is 4.79 Å². The number of benzene rings is 1. The topological polar surface area (TPSA) is 26.3 Å². The number of rotatable bonds is 0. The Labute approximate surface area is 85.4 Å². The Kier molecular flexibility index (Phi) is 2.18. The third kappa shape index (κ3) is 1.64. The maximum atomic E-state index is 10.9. The average molecular weight is 217 g/mol. The zero-order valence-corrected chi connectivity index (χ0v) is 8.15. The molecule has 0 bridgehead atoms. The number of ether oxygens (including phenoxy) is 1. The fourth-order valence-corrected chi connectivity index (χ4v) is 1.89. The molecule has 0 aliphatic carbocycles. The first-order valence-corrected chi connectivity index (χ1v) is 4.61. The zero-order chi connectivity index (χ0) is 9.42. The van der Waals surface area contributed by atoms with Crippen LogP contribution in [-0.4, -0.2) is 5.97 Å². The molecule has 1 heterocycles. The van der Waals surface area contributed by atoms with Crippen LogP contribution in [0, 0.1) is 0 Å². The van der Waals surface area contributed by atoms with Crippen LogP contribution in [0.15, 0.2) is 12.1 Å². The Balaban J connectivity index is 2.53. The van der Waals surface area contributed by atoms with Crippen molar-refractivity contribution >= 4 is 29.2 Å². The fourth-order valence-electron chi connectivity index (χ4n) is 1.32. The van der Waals surface area contributed by atoms with Crippen molar-refractivity contribution in [3.05, 3.63) is 27.7 Å². The van der Waals surface area contributed by atoms with Gasteiger partial charge >= 0.3 is 5.97 Å². The summed E-state index contributed by atoms with van der Waals surface area (Å²) in [5.74, 6) is 0.221. The second-order valence-corrected chi connectivity index (χ2v) is 3.69. The second-order valence-electron chi connectivity index (χ2n) is 2.85. The number of fused-ring (bicyclic) bond motifs is 1. The van der Waals surface area contributed by atoms with Gasteiger partial charge in [0.1, 0.15) is 0 Å². The summed E-state index contributed by atoms with van der Waals surface area (Å²) in [7, 11) is 0. The molecule has 1 aromatic rings. The van der Waals surface area contributed by atoms with Crippen LogP contribution in [0.2, 0.25) is 10.0 Å². The van der Waals surface area contributed by atoms with Crippen LogP contribution in [0.1, 0.15) is 12.0 Å². The highest BCUT2D eigenvalue weighted by molar-refractivity contribution is 6.35. The van der Waals surface area contributed by atoms with Crippen molar-refractivity contribution in [2.45, 2.75) is 12.8 Å². The average Bonchev–Trinajstić information content (AvgIpc) is 2.06. The number of aryl methyl sites for hydroxylation is 1. The molecule has 13 heavy (non-hydrogen) atoms. The molecule has 0 atom stereocenters. The molecule has 0 N–H and O–H groups in total. The van der Waals surface area contributed by atoms with E-state index in [-0.39, 0.29) is 5.97 Å². The molecule has 0 saturated heterocycles. The van der Waals surface area contributed by atoms with Crippen molar-refractivity contribution in [1.82, 2.24) is 0 Å². The van der Waals surface area contributed by atoms with Gasteiger partial charge in [-0.1, -0.05) is 23.2 Å². The van der Waals surface area contributed by atoms with Crippen LogP contribution in [0.4, 0.5) is 0 Å². The minimum absolute atomic E-state index is 0.239. The maximum Gasteiger partial charge on any atom is 0.311 e. The Morgan fingerprint density at radius 3 is 2.77 bits per heavy atom. The van der Waals surface area contributed by atoms with Gasteiger partial charge in [0.05, 0.1) is 11.4 Å². The quantitative estimate of drug-likeness (QED) is 0.493. The predicted molar refractivity (Wildman–Crippen MR) is 50.4 cm³/mol. The van der Waals surface area contributed by atoms with E-state index in [2.05, 4.69) is 0 Å². The SMILES string of the molecule is O=C1CCc2cc(Cl)cc(Cl)c2O1. The van der Waals surface area contributed by atoms with Gasteiger partial charge in [-0.2, -0.15) is 0 Å². The molecule has 0 radical (unpaired) electrons. The highest BCUT2D eigenvalue weighted by Gasteiger charge is 2.20. The standard InChI is InChI=1S/C9H6Cl2O2/c10-6-3-5-1-2-8(12)13-9(5)7(11)4-6/h3-4H,1-2H2. The summed E-state index contributed by atoms with van der Waals surface area (Å²) in [6, 6.07) is 3.34. The Hall–Kier alpha value is -0.730. The van der Waals surface area contributed by atoms with Crippen LogP contribution in [0.5, 0.6) is 5.75 Å². The number of esters is 1. The molecule has 0 amide bonds. The van der Waals surface area contributed by atoms with E-state index in [4.69, 9.17) is 27.9 Å². The molecule has 1 aliphatic rings. The molecule has 0 aromatic heterocycles. The zero-order valence-electron chi connectivity index (χ0n) is 6.64. The van der Waals surface area contributed by atoms with E-state index in [0.29, 0.717) is 28.6 Å². The summed E-state index contributed by atoms with van der Waals surface area (Å²) in [6.07, 6.45) is 1.04. The summed E-state index contributed by atoms with van der Waals surface area (Å²) in [5.41, 5.74) is 0.900. The van der Waals surface area contributed by atoms with E-state index in [0.717, 1.165) is 5.56 Å². The molecular weight excluding hydrogens is 211 g/mol. The fraction of sp³-hybridized carbons (Fsp3) is 0.222. The van der Waals surface area contributed by atoms with Crippen molar-refractivity contribution in [2.75, 3.05) is 0 Å². The molecule has 2 nitrogen and oxygen atoms in total. The van der Waals surface area contributed by atoms with Gasteiger partial charge in [0.15, 0.2) is 5.75 Å². The van der Waals surface area contributed by atoms with Crippen LogP contribution < -0.4 is 4.74 Å². The molecule has 4 heteroatoms. The lowest BCUT2D eigenvalue weighted by Gasteiger charge is -2.16. The van der Waals surface area contributed by atoms with Crippen LogP contribution in [-0.2, 0) is 11.2 Å². The van der Waals surface area contributed by atoms with Gasteiger partial charge < -0.3 is 4.74 Å². The Bertz CT molecular complexity index is 374. The van der Waals surface area contributed by atoms with E-state index in [9.17, 15) is 4.79 Å². The number of carbonyl (C=O) groups excluding carboxylic acids is 1. The van der Waals surface area contributed by atoms with Gasteiger partial charge in [-0.25, -0.2) is 0 Å².